The summed E-state index contributed by atoms with van der Waals surface area (Å²) < 4.78 is 13.7. The van der Waals surface area contributed by atoms with E-state index in [2.05, 4.69) is 32.8 Å². The van der Waals surface area contributed by atoms with Gasteiger partial charge in [0.25, 0.3) is 0 Å². The number of amides is 4. The fraction of sp³-hybridized carbons (Fsp3) is 0.429. The summed E-state index contributed by atoms with van der Waals surface area (Å²) in [6.45, 7) is 4.47. The van der Waals surface area contributed by atoms with Crippen molar-refractivity contribution in [2.45, 2.75) is 63.7 Å². The predicted molar refractivity (Wildman–Crippen MR) is 173 cm³/mol. The molecule has 1 fully saturated rings. The Morgan fingerprint density at radius 3 is 2.57 bits per heavy atom. The fourth-order valence-corrected chi connectivity index (χ4v) is 7.23. The molecular weight excluding hydrogens is 587 g/mol. The van der Waals surface area contributed by atoms with Crippen LogP contribution in [0.5, 0.6) is 0 Å². The molecule has 1 aromatic heterocycles. The van der Waals surface area contributed by atoms with E-state index in [1.54, 1.807) is 12.1 Å². The smallest absolute Gasteiger partial charge is 0.246 e. The van der Waals surface area contributed by atoms with Crippen molar-refractivity contribution >= 4 is 40.1 Å². The minimum Gasteiger partial charge on any atom is -0.368 e. The molecule has 0 bridgehead atoms. The van der Waals surface area contributed by atoms with E-state index >= 15 is 0 Å². The Bertz CT molecular complexity index is 1700. The highest BCUT2D eigenvalue weighted by Gasteiger charge is 2.40. The Hall–Kier alpha value is -4.51. The molecule has 0 unspecified atom stereocenters. The molecule has 0 spiro atoms. The maximum atomic E-state index is 13.9. The van der Waals surface area contributed by atoms with Crippen molar-refractivity contribution < 1.29 is 23.6 Å². The number of rotatable bonds is 9. The van der Waals surface area contributed by atoms with Crippen LogP contribution >= 0.6 is 0 Å². The maximum absolute atomic E-state index is 13.9. The van der Waals surface area contributed by atoms with Crippen molar-refractivity contribution in [1.29, 1.82) is 0 Å². The van der Waals surface area contributed by atoms with Gasteiger partial charge in [-0.25, -0.2) is 4.39 Å². The van der Waals surface area contributed by atoms with Crippen molar-refractivity contribution in [2.75, 3.05) is 20.1 Å². The van der Waals surface area contributed by atoms with Crippen LogP contribution in [0.25, 0.3) is 16.5 Å². The number of benzene rings is 2. The van der Waals surface area contributed by atoms with Crippen LogP contribution in [0.1, 0.15) is 43.4 Å². The zero-order valence-corrected chi connectivity index (χ0v) is 26.4. The lowest BCUT2D eigenvalue weighted by atomic mass is 9.79. The van der Waals surface area contributed by atoms with Crippen LogP contribution in [-0.4, -0.2) is 82.7 Å². The van der Waals surface area contributed by atoms with Crippen molar-refractivity contribution in [1.82, 2.24) is 25.4 Å². The standard InChI is InChI=1S/C35H41FN6O4/c1-19(2)31(35(46)42-13-5-8-28(42)32(37)43)40-34(45)27(14-20-9-11-23(36)12-10-20)39-33(44)22-15-25-24-6-4-7-26-30(24)21(17-38-26)16-29(25)41(3)18-22/h4,6-7,9-12,15,17,19,22,27-29,31,38H,5,8,13-14,16,18H2,1-3H3,(H2,37,43)(H,39,44)(H,40,45)/t22-,27+,28+,29-,31+/m1/s1. The number of halogens is 1. The van der Waals surface area contributed by atoms with Crippen LogP contribution in [0.3, 0.4) is 0 Å². The van der Waals surface area contributed by atoms with Gasteiger partial charge in [0.1, 0.15) is 23.9 Å². The number of hydrogen-bond acceptors (Lipinski definition) is 5. The molecule has 2 aliphatic heterocycles. The molecule has 242 valence electrons. The quantitative estimate of drug-likeness (QED) is 0.288. The van der Waals surface area contributed by atoms with Crippen molar-refractivity contribution in [3.63, 3.8) is 0 Å². The van der Waals surface area contributed by atoms with Gasteiger partial charge < -0.3 is 26.3 Å². The van der Waals surface area contributed by atoms with Gasteiger partial charge in [0, 0.05) is 42.7 Å². The van der Waals surface area contributed by atoms with E-state index in [4.69, 9.17) is 5.73 Å². The summed E-state index contributed by atoms with van der Waals surface area (Å²) in [4.78, 5) is 60.5. The molecule has 0 radical (unpaired) electrons. The topological polar surface area (TPSA) is 141 Å². The van der Waals surface area contributed by atoms with E-state index in [-0.39, 0.29) is 30.2 Å². The number of nitrogens with zero attached hydrogens (tertiary/aromatic N) is 2. The molecule has 1 saturated heterocycles. The normalized spacial score (nSPS) is 22.2. The molecular formula is C35H41FN6O4. The molecule has 5 atom stereocenters. The Morgan fingerprint density at radius 2 is 1.85 bits per heavy atom. The van der Waals surface area contributed by atoms with Gasteiger partial charge in [0.2, 0.25) is 23.6 Å². The average Bonchev–Trinajstić information content (AvgIpc) is 3.69. The minimum absolute atomic E-state index is 0.0955. The zero-order chi connectivity index (χ0) is 32.7. The van der Waals surface area contributed by atoms with Crippen LogP contribution < -0.4 is 16.4 Å². The van der Waals surface area contributed by atoms with E-state index in [1.807, 2.05) is 39.1 Å². The largest absolute Gasteiger partial charge is 0.368 e. The summed E-state index contributed by atoms with van der Waals surface area (Å²) in [5.74, 6) is -3.03. The number of carbonyl (C=O) groups excluding carboxylic acids is 4. The van der Waals surface area contributed by atoms with Crippen LogP contribution in [0.4, 0.5) is 4.39 Å². The second kappa shape index (κ2) is 12.7. The van der Waals surface area contributed by atoms with Gasteiger partial charge in [0.05, 0.1) is 5.92 Å². The first-order valence-electron chi connectivity index (χ1n) is 16.0. The number of primary amides is 1. The molecule has 46 heavy (non-hydrogen) atoms. The molecule has 3 heterocycles. The van der Waals surface area contributed by atoms with E-state index in [0.29, 0.717) is 31.5 Å². The predicted octanol–water partition coefficient (Wildman–Crippen LogP) is 2.52. The Kier molecular flexibility index (Phi) is 8.69. The second-order valence-electron chi connectivity index (χ2n) is 13.1. The van der Waals surface area contributed by atoms with Gasteiger partial charge >= 0.3 is 0 Å². The Morgan fingerprint density at radius 1 is 1.09 bits per heavy atom. The van der Waals surface area contributed by atoms with Gasteiger partial charge in [-0.05, 0) is 72.7 Å². The molecule has 5 N–H and O–H groups in total. The maximum Gasteiger partial charge on any atom is 0.246 e. The first kappa shape index (κ1) is 31.5. The number of hydrogen-bond donors (Lipinski definition) is 4. The van der Waals surface area contributed by atoms with E-state index in [1.165, 1.54) is 28.0 Å². The van der Waals surface area contributed by atoms with Crippen molar-refractivity contribution in [3.8, 4) is 0 Å². The summed E-state index contributed by atoms with van der Waals surface area (Å²) in [6.07, 6.45) is 6.14. The van der Waals surface area contributed by atoms with Crippen molar-refractivity contribution in [2.24, 2.45) is 17.6 Å². The average molecular weight is 629 g/mol. The van der Waals surface area contributed by atoms with E-state index in [9.17, 15) is 23.6 Å². The lowest BCUT2D eigenvalue weighted by Gasteiger charge is -2.39. The van der Waals surface area contributed by atoms with Gasteiger partial charge in [-0.3, -0.25) is 24.1 Å². The number of nitrogens with one attached hydrogen (secondary N) is 3. The molecule has 3 aliphatic rings. The third-order valence-corrected chi connectivity index (χ3v) is 9.69. The van der Waals surface area contributed by atoms with Crippen LogP contribution in [0.2, 0.25) is 0 Å². The first-order chi connectivity index (χ1) is 22.0. The highest BCUT2D eigenvalue weighted by Crippen LogP contribution is 2.40. The van der Waals surface area contributed by atoms with Gasteiger partial charge in [0.15, 0.2) is 0 Å². The molecule has 10 nitrogen and oxygen atoms in total. The van der Waals surface area contributed by atoms with Gasteiger partial charge in [-0.1, -0.05) is 44.2 Å². The molecule has 2 aromatic carbocycles. The zero-order valence-electron chi connectivity index (χ0n) is 26.4. The van der Waals surface area contributed by atoms with Gasteiger partial charge in [-0.2, -0.15) is 0 Å². The van der Waals surface area contributed by atoms with Crippen LogP contribution in [0, 0.1) is 17.7 Å². The molecule has 0 saturated carbocycles. The summed E-state index contributed by atoms with van der Waals surface area (Å²) in [5, 5.41) is 7.01. The number of likely N-dealkylation sites (tertiary alicyclic amines) is 1. The lowest BCUT2D eigenvalue weighted by molar-refractivity contribution is -0.142. The minimum atomic E-state index is -1.04. The number of H-pyrrole nitrogens is 1. The SMILES string of the molecule is CC(C)[C@H](NC(=O)[C@H](Cc1ccc(F)cc1)NC(=O)[C@@H]1C=C2c3cccc4[nH]cc(c34)C[C@H]2N(C)C1)C(=O)N1CCC[C@H]1C(N)=O. The van der Waals surface area contributed by atoms with E-state index < -0.39 is 41.7 Å². The number of fused-ring (bicyclic) bond motifs is 2. The molecule has 11 heteroatoms. The highest BCUT2D eigenvalue weighted by atomic mass is 19.1. The Labute approximate surface area is 267 Å². The third-order valence-electron chi connectivity index (χ3n) is 9.69. The lowest BCUT2D eigenvalue weighted by Crippen LogP contribution is -2.59. The summed E-state index contributed by atoms with van der Waals surface area (Å²) >= 11 is 0. The Balaban J connectivity index is 1.25. The highest BCUT2D eigenvalue weighted by molar-refractivity contribution is 6.00. The third kappa shape index (κ3) is 6.03. The van der Waals surface area contributed by atoms with Crippen molar-refractivity contribution in [3.05, 3.63) is 77.2 Å². The monoisotopic (exact) mass is 628 g/mol. The fourth-order valence-electron chi connectivity index (χ4n) is 7.23. The van der Waals surface area contributed by atoms with Gasteiger partial charge in [-0.15, -0.1) is 0 Å². The molecule has 6 rings (SSSR count). The number of nitrogens with two attached hydrogens (primary N) is 1. The number of likely N-dealkylation sites (N-methyl/N-ethyl adjacent to an activating group) is 1. The summed E-state index contributed by atoms with van der Waals surface area (Å²) in [5.41, 5.74) is 10.7. The summed E-state index contributed by atoms with van der Waals surface area (Å²) in [6, 6.07) is 9.36. The van der Waals surface area contributed by atoms with Crippen LogP contribution in [0.15, 0.2) is 54.7 Å². The molecule has 4 amide bonds. The molecule has 1 aliphatic carbocycles. The summed E-state index contributed by atoms with van der Waals surface area (Å²) in [7, 11) is 2.01. The number of aromatic nitrogens is 1. The number of carbonyl (C=O) groups is 4. The van der Waals surface area contributed by atoms with E-state index in [0.717, 1.165) is 23.1 Å². The number of aromatic amines is 1. The van der Waals surface area contributed by atoms with Crippen LogP contribution in [-0.2, 0) is 32.0 Å². The first-order valence-corrected chi connectivity index (χ1v) is 16.0. The second-order valence-corrected chi connectivity index (χ2v) is 13.1. The molecule has 3 aromatic rings.